The van der Waals surface area contributed by atoms with Gasteiger partial charge in [0.1, 0.15) is 6.07 Å². The zero-order valence-electron chi connectivity index (χ0n) is 10.8. The van der Waals surface area contributed by atoms with Crippen LogP contribution in [0.1, 0.15) is 19.4 Å². The Balaban J connectivity index is 2.33. The Morgan fingerprint density at radius 1 is 1.44 bits per heavy atom. The minimum Gasteiger partial charge on any atom is -0.390 e. The number of anilines is 1. The topological polar surface area (TPSA) is 59.3 Å². The van der Waals surface area contributed by atoms with Crippen LogP contribution in [0.25, 0.3) is 0 Å². The summed E-state index contributed by atoms with van der Waals surface area (Å²) in [6.07, 6.45) is -0.418. The first kappa shape index (κ1) is 12.9. The maximum Gasteiger partial charge on any atom is 0.101 e. The van der Waals surface area contributed by atoms with Gasteiger partial charge in [0.05, 0.1) is 17.4 Å². The average molecular weight is 245 g/mol. The smallest absolute Gasteiger partial charge is 0.101 e. The van der Waals surface area contributed by atoms with E-state index in [-0.39, 0.29) is 5.54 Å². The van der Waals surface area contributed by atoms with Gasteiger partial charge in [-0.1, -0.05) is 12.1 Å². The number of nitriles is 1. The van der Waals surface area contributed by atoms with E-state index in [2.05, 4.69) is 30.1 Å². The molecule has 1 aliphatic rings. The predicted octanol–water partition coefficient (Wildman–Crippen LogP) is 1.11. The average Bonchev–Trinajstić information content (AvgIpc) is 2.48. The van der Waals surface area contributed by atoms with E-state index in [4.69, 9.17) is 5.26 Å². The molecule has 0 saturated carbocycles. The van der Waals surface area contributed by atoms with Crippen molar-refractivity contribution in [2.24, 2.45) is 0 Å². The fourth-order valence-corrected chi connectivity index (χ4v) is 2.34. The number of para-hydroxylation sites is 1. The Morgan fingerprint density at radius 2 is 2.17 bits per heavy atom. The standard InChI is InChI=1S/C14H19N3O/c1-14(2)10-17(9-12(18)8-16-14)13-6-4-3-5-11(13)7-15/h3-6,12,16,18H,8-10H2,1-2H3. The van der Waals surface area contributed by atoms with Crippen LogP contribution in [-0.4, -0.2) is 36.4 Å². The minimum atomic E-state index is -0.418. The fourth-order valence-electron chi connectivity index (χ4n) is 2.34. The second-order valence-corrected chi connectivity index (χ2v) is 5.43. The van der Waals surface area contributed by atoms with Crippen LogP contribution in [0.3, 0.4) is 0 Å². The van der Waals surface area contributed by atoms with Crippen molar-refractivity contribution >= 4 is 5.69 Å². The third-order valence-electron chi connectivity index (χ3n) is 3.20. The Hall–Kier alpha value is -1.57. The van der Waals surface area contributed by atoms with Gasteiger partial charge in [0.15, 0.2) is 0 Å². The molecule has 0 radical (unpaired) electrons. The van der Waals surface area contributed by atoms with Gasteiger partial charge in [-0.2, -0.15) is 5.26 Å². The Morgan fingerprint density at radius 3 is 2.89 bits per heavy atom. The van der Waals surface area contributed by atoms with Crippen molar-refractivity contribution in [3.05, 3.63) is 29.8 Å². The summed E-state index contributed by atoms with van der Waals surface area (Å²) in [5.74, 6) is 0. The number of hydrogen-bond donors (Lipinski definition) is 2. The summed E-state index contributed by atoms with van der Waals surface area (Å²) < 4.78 is 0. The van der Waals surface area contributed by atoms with Crippen LogP contribution in [0.2, 0.25) is 0 Å². The first-order valence-corrected chi connectivity index (χ1v) is 6.19. The van der Waals surface area contributed by atoms with Crippen molar-refractivity contribution in [3.63, 3.8) is 0 Å². The van der Waals surface area contributed by atoms with Crippen molar-refractivity contribution in [2.75, 3.05) is 24.5 Å². The lowest BCUT2D eigenvalue weighted by atomic mass is 10.0. The molecule has 1 fully saturated rings. The number of nitrogens with zero attached hydrogens (tertiary/aromatic N) is 2. The number of β-amino-alcohol motifs (C(OH)–C–C–N with tert-alkyl or cyclic N) is 1. The van der Waals surface area contributed by atoms with Crippen molar-refractivity contribution in [3.8, 4) is 6.07 Å². The summed E-state index contributed by atoms with van der Waals surface area (Å²) in [7, 11) is 0. The molecule has 0 aromatic heterocycles. The Bertz CT molecular complexity index is 464. The second kappa shape index (κ2) is 4.97. The van der Waals surface area contributed by atoms with Gasteiger partial charge in [0.25, 0.3) is 0 Å². The molecule has 96 valence electrons. The van der Waals surface area contributed by atoms with E-state index in [0.717, 1.165) is 12.2 Å². The van der Waals surface area contributed by atoms with Gasteiger partial charge < -0.3 is 15.3 Å². The van der Waals surface area contributed by atoms with Crippen LogP contribution in [0.5, 0.6) is 0 Å². The molecule has 1 aliphatic heterocycles. The molecule has 2 rings (SSSR count). The molecular formula is C14H19N3O. The van der Waals surface area contributed by atoms with E-state index >= 15 is 0 Å². The summed E-state index contributed by atoms with van der Waals surface area (Å²) in [4.78, 5) is 2.09. The van der Waals surface area contributed by atoms with Crippen LogP contribution in [0, 0.1) is 11.3 Å². The molecule has 1 saturated heterocycles. The van der Waals surface area contributed by atoms with Gasteiger partial charge >= 0.3 is 0 Å². The van der Waals surface area contributed by atoms with Gasteiger partial charge in [-0.25, -0.2) is 0 Å². The molecule has 2 N–H and O–H groups in total. The number of hydrogen-bond acceptors (Lipinski definition) is 4. The quantitative estimate of drug-likeness (QED) is 0.778. The predicted molar refractivity (Wildman–Crippen MR) is 71.5 cm³/mol. The Kier molecular flexibility index (Phi) is 3.55. The third-order valence-corrected chi connectivity index (χ3v) is 3.20. The largest absolute Gasteiger partial charge is 0.390 e. The molecule has 4 nitrogen and oxygen atoms in total. The normalized spacial score (nSPS) is 23.2. The monoisotopic (exact) mass is 245 g/mol. The molecular weight excluding hydrogens is 226 g/mol. The van der Waals surface area contributed by atoms with E-state index in [1.807, 2.05) is 24.3 Å². The number of benzene rings is 1. The van der Waals surface area contributed by atoms with Gasteiger partial charge in [-0.15, -0.1) is 0 Å². The maximum atomic E-state index is 9.93. The lowest BCUT2D eigenvalue weighted by molar-refractivity contribution is 0.179. The molecule has 1 unspecified atom stereocenters. The molecule has 4 heteroatoms. The van der Waals surface area contributed by atoms with Crippen molar-refractivity contribution < 1.29 is 5.11 Å². The highest BCUT2D eigenvalue weighted by Crippen LogP contribution is 2.23. The van der Waals surface area contributed by atoms with Crippen LogP contribution < -0.4 is 10.2 Å². The molecule has 1 aromatic rings. The van der Waals surface area contributed by atoms with Crippen molar-refractivity contribution in [1.82, 2.24) is 5.32 Å². The summed E-state index contributed by atoms with van der Waals surface area (Å²) in [5, 5.41) is 22.4. The number of nitrogens with one attached hydrogen (secondary N) is 1. The minimum absolute atomic E-state index is 0.0833. The van der Waals surface area contributed by atoms with Crippen molar-refractivity contribution in [2.45, 2.75) is 25.5 Å². The molecule has 0 spiro atoms. The van der Waals surface area contributed by atoms with Crippen LogP contribution in [0.15, 0.2) is 24.3 Å². The van der Waals surface area contributed by atoms with Gasteiger partial charge in [0, 0.05) is 25.2 Å². The van der Waals surface area contributed by atoms with Crippen molar-refractivity contribution in [1.29, 1.82) is 5.26 Å². The first-order chi connectivity index (χ1) is 8.52. The number of rotatable bonds is 1. The lowest BCUT2D eigenvalue weighted by Gasteiger charge is -2.31. The summed E-state index contributed by atoms with van der Waals surface area (Å²) in [6, 6.07) is 9.75. The second-order valence-electron chi connectivity index (χ2n) is 5.43. The molecule has 1 atom stereocenters. The molecule has 1 aromatic carbocycles. The van der Waals surface area contributed by atoms with E-state index in [1.165, 1.54) is 0 Å². The zero-order chi connectivity index (χ0) is 13.2. The highest BCUT2D eigenvalue weighted by molar-refractivity contribution is 5.59. The first-order valence-electron chi connectivity index (χ1n) is 6.19. The maximum absolute atomic E-state index is 9.93. The highest BCUT2D eigenvalue weighted by atomic mass is 16.3. The van der Waals surface area contributed by atoms with Gasteiger partial charge in [0.2, 0.25) is 0 Å². The van der Waals surface area contributed by atoms with Gasteiger partial charge in [-0.05, 0) is 26.0 Å². The van der Waals surface area contributed by atoms with E-state index < -0.39 is 6.10 Å². The third kappa shape index (κ3) is 2.81. The van der Waals surface area contributed by atoms with Crippen LogP contribution in [-0.2, 0) is 0 Å². The van der Waals surface area contributed by atoms with Gasteiger partial charge in [-0.3, -0.25) is 0 Å². The number of aliphatic hydroxyl groups is 1. The Labute approximate surface area is 108 Å². The molecule has 0 bridgehead atoms. The summed E-state index contributed by atoms with van der Waals surface area (Å²) in [5.41, 5.74) is 1.47. The van der Waals surface area contributed by atoms with Crippen LogP contribution >= 0.6 is 0 Å². The summed E-state index contributed by atoms with van der Waals surface area (Å²) in [6.45, 7) is 6.11. The van der Waals surface area contributed by atoms with Crippen LogP contribution in [0.4, 0.5) is 5.69 Å². The van der Waals surface area contributed by atoms with E-state index in [0.29, 0.717) is 18.7 Å². The molecule has 18 heavy (non-hydrogen) atoms. The zero-order valence-corrected chi connectivity index (χ0v) is 10.8. The number of aliphatic hydroxyl groups excluding tert-OH is 1. The lowest BCUT2D eigenvalue weighted by Crippen LogP contribution is -2.46. The molecule has 1 heterocycles. The summed E-state index contributed by atoms with van der Waals surface area (Å²) >= 11 is 0. The fraction of sp³-hybridized carbons (Fsp3) is 0.500. The highest BCUT2D eigenvalue weighted by Gasteiger charge is 2.28. The van der Waals surface area contributed by atoms with E-state index in [1.54, 1.807) is 0 Å². The van der Waals surface area contributed by atoms with E-state index in [9.17, 15) is 5.11 Å². The molecule has 0 amide bonds. The SMILES string of the molecule is CC1(C)CN(c2ccccc2C#N)CC(O)CN1. The molecule has 0 aliphatic carbocycles.